The molecule has 2 rings (SSSR count). The van der Waals surface area contributed by atoms with Gasteiger partial charge < -0.3 is 15.7 Å². The van der Waals surface area contributed by atoms with Crippen LogP contribution in [0.2, 0.25) is 0 Å². The first-order chi connectivity index (χ1) is 12.9. The van der Waals surface area contributed by atoms with E-state index in [0.717, 1.165) is 5.56 Å². The number of rotatable bonds is 8. The minimum absolute atomic E-state index is 0.0260. The van der Waals surface area contributed by atoms with E-state index in [-0.39, 0.29) is 24.4 Å². The molecule has 2 aromatic carbocycles. The Morgan fingerprint density at radius 1 is 0.889 bits per heavy atom. The number of benzene rings is 2. The van der Waals surface area contributed by atoms with Gasteiger partial charge in [0.05, 0.1) is 5.92 Å². The fourth-order valence-electron chi connectivity index (χ4n) is 2.58. The Balaban J connectivity index is 1.95. The lowest BCUT2D eigenvalue weighted by molar-refractivity contribution is -0.141. The van der Waals surface area contributed by atoms with Crippen LogP contribution in [0.25, 0.3) is 0 Å². The highest BCUT2D eigenvalue weighted by molar-refractivity contribution is 5.98. The normalized spacial score (nSPS) is 11.7. The van der Waals surface area contributed by atoms with Crippen molar-refractivity contribution < 1.29 is 19.5 Å². The molecule has 0 radical (unpaired) electrons. The number of hydrogen-bond donors (Lipinski definition) is 3. The van der Waals surface area contributed by atoms with Crippen LogP contribution in [0.4, 0.5) is 0 Å². The summed E-state index contributed by atoms with van der Waals surface area (Å²) in [6.45, 7) is 3.76. The molecule has 0 saturated heterocycles. The van der Waals surface area contributed by atoms with E-state index in [1.165, 1.54) is 0 Å². The van der Waals surface area contributed by atoms with Crippen molar-refractivity contribution in [3.05, 3.63) is 71.3 Å². The van der Waals surface area contributed by atoms with Gasteiger partial charge in [0.1, 0.15) is 0 Å². The Hall–Kier alpha value is -3.15. The first-order valence-corrected chi connectivity index (χ1v) is 8.82. The van der Waals surface area contributed by atoms with Crippen LogP contribution in [-0.4, -0.2) is 35.5 Å². The van der Waals surface area contributed by atoms with Gasteiger partial charge in [-0.25, -0.2) is 0 Å². The van der Waals surface area contributed by atoms with Crippen molar-refractivity contribution >= 4 is 17.8 Å². The molecule has 0 bridgehead atoms. The molecule has 27 heavy (non-hydrogen) atoms. The van der Waals surface area contributed by atoms with Crippen LogP contribution in [0.1, 0.15) is 40.1 Å². The number of nitrogens with one attached hydrogen (secondary N) is 2. The Bertz CT molecular complexity index is 786. The summed E-state index contributed by atoms with van der Waals surface area (Å²) in [7, 11) is 0. The second-order valence-electron chi connectivity index (χ2n) is 6.64. The summed E-state index contributed by atoms with van der Waals surface area (Å²) in [4.78, 5) is 35.7. The summed E-state index contributed by atoms with van der Waals surface area (Å²) in [5.74, 6) is -2.25. The average Bonchev–Trinajstić information content (AvgIpc) is 2.65. The van der Waals surface area contributed by atoms with Crippen LogP contribution < -0.4 is 10.6 Å². The fourth-order valence-corrected chi connectivity index (χ4v) is 2.58. The van der Waals surface area contributed by atoms with Gasteiger partial charge in [0.15, 0.2) is 0 Å². The fraction of sp³-hybridized carbons (Fsp3) is 0.286. The zero-order valence-corrected chi connectivity index (χ0v) is 15.4. The van der Waals surface area contributed by atoms with Crippen LogP contribution in [0, 0.1) is 5.92 Å². The summed E-state index contributed by atoms with van der Waals surface area (Å²) in [6, 6.07) is 15.6. The maximum absolute atomic E-state index is 12.3. The summed E-state index contributed by atoms with van der Waals surface area (Å²) in [5, 5.41) is 14.8. The molecule has 1 unspecified atom stereocenters. The molecule has 6 heteroatoms. The third-order valence-electron chi connectivity index (χ3n) is 4.01. The van der Waals surface area contributed by atoms with E-state index in [1.54, 1.807) is 24.3 Å². The third-order valence-corrected chi connectivity index (χ3v) is 4.01. The van der Waals surface area contributed by atoms with Crippen molar-refractivity contribution in [3.8, 4) is 0 Å². The highest BCUT2D eigenvalue weighted by atomic mass is 16.4. The number of aliphatic carboxylic acids is 1. The Morgan fingerprint density at radius 3 is 1.96 bits per heavy atom. The third kappa shape index (κ3) is 6.26. The number of carboxylic acids is 1. The first-order valence-electron chi connectivity index (χ1n) is 8.82. The molecule has 2 amide bonds. The van der Waals surface area contributed by atoms with E-state index in [4.69, 9.17) is 0 Å². The number of hydrogen-bond acceptors (Lipinski definition) is 3. The SMILES string of the molecule is CC(C)NC(=O)c1ccc(C(=O)NCC(Cc2ccccc2)C(=O)O)cc1. The van der Waals surface area contributed by atoms with Crippen LogP contribution >= 0.6 is 0 Å². The predicted molar refractivity (Wildman–Crippen MR) is 103 cm³/mol. The van der Waals surface area contributed by atoms with Crippen LogP contribution in [-0.2, 0) is 11.2 Å². The van der Waals surface area contributed by atoms with E-state index < -0.39 is 11.9 Å². The Kier molecular flexibility index (Phi) is 7.11. The van der Waals surface area contributed by atoms with Crippen LogP contribution in [0.3, 0.4) is 0 Å². The first kappa shape index (κ1) is 20.2. The number of carboxylic acid groups (broad SMARTS) is 1. The zero-order chi connectivity index (χ0) is 19.8. The van der Waals surface area contributed by atoms with Crippen LogP contribution in [0.15, 0.2) is 54.6 Å². The van der Waals surface area contributed by atoms with Gasteiger partial charge in [-0.2, -0.15) is 0 Å². The van der Waals surface area contributed by atoms with Crippen molar-refractivity contribution in [3.63, 3.8) is 0 Å². The number of carbonyl (C=O) groups is 3. The van der Waals surface area contributed by atoms with Gasteiger partial charge in [-0.15, -0.1) is 0 Å². The standard InChI is InChI=1S/C21H24N2O4/c1-14(2)23-20(25)17-10-8-16(9-11-17)19(24)22-13-18(21(26)27)12-15-6-4-3-5-7-15/h3-11,14,18H,12-13H2,1-2H3,(H,22,24)(H,23,25)(H,26,27). The molecule has 142 valence electrons. The quantitative estimate of drug-likeness (QED) is 0.667. The minimum atomic E-state index is -0.958. The summed E-state index contributed by atoms with van der Waals surface area (Å²) >= 11 is 0. The van der Waals surface area contributed by atoms with Gasteiger partial charge in [-0.05, 0) is 50.1 Å². The maximum Gasteiger partial charge on any atom is 0.308 e. The van der Waals surface area contributed by atoms with Crippen molar-refractivity contribution in [2.24, 2.45) is 5.92 Å². The summed E-state index contributed by atoms with van der Waals surface area (Å²) < 4.78 is 0. The van der Waals surface area contributed by atoms with E-state index in [1.807, 2.05) is 44.2 Å². The number of carbonyl (C=O) groups excluding carboxylic acids is 2. The summed E-state index contributed by atoms with van der Waals surface area (Å²) in [5.41, 5.74) is 1.74. The number of amides is 2. The molecule has 0 aliphatic carbocycles. The van der Waals surface area contributed by atoms with Gasteiger partial charge >= 0.3 is 5.97 Å². The van der Waals surface area contributed by atoms with Crippen molar-refractivity contribution in [2.45, 2.75) is 26.3 Å². The minimum Gasteiger partial charge on any atom is -0.481 e. The predicted octanol–water partition coefficient (Wildman–Crippen LogP) is 2.50. The molecule has 1 atom stereocenters. The molecule has 0 aliphatic rings. The topological polar surface area (TPSA) is 95.5 Å². The van der Waals surface area contributed by atoms with Gasteiger partial charge in [-0.1, -0.05) is 30.3 Å². The summed E-state index contributed by atoms with van der Waals surface area (Å²) in [6.07, 6.45) is 0.338. The largest absolute Gasteiger partial charge is 0.481 e. The molecule has 0 aromatic heterocycles. The molecule has 0 heterocycles. The second kappa shape index (κ2) is 9.52. The van der Waals surface area contributed by atoms with Gasteiger partial charge in [0.25, 0.3) is 11.8 Å². The lowest BCUT2D eigenvalue weighted by Gasteiger charge is -2.14. The maximum atomic E-state index is 12.3. The molecular formula is C21H24N2O4. The Labute approximate surface area is 158 Å². The smallest absolute Gasteiger partial charge is 0.308 e. The van der Waals surface area contributed by atoms with Crippen molar-refractivity contribution in [2.75, 3.05) is 6.54 Å². The molecule has 0 spiro atoms. The van der Waals surface area contributed by atoms with E-state index >= 15 is 0 Å². The van der Waals surface area contributed by atoms with Crippen molar-refractivity contribution in [1.82, 2.24) is 10.6 Å². The molecule has 3 N–H and O–H groups in total. The van der Waals surface area contributed by atoms with Gasteiger partial charge in [0, 0.05) is 23.7 Å². The zero-order valence-electron chi connectivity index (χ0n) is 15.4. The lowest BCUT2D eigenvalue weighted by Crippen LogP contribution is -2.34. The highest BCUT2D eigenvalue weighted by Gasteiger charge is 2.19. The molecule has 2 aromatic rings. The van der Waals surface area contributed by atoms with Gasteiger partial charge in [0.2, 0.25) is 0 Å². The lowest BCUT2D eigenvalue weighted by atomic mass is 9.99. The second-order valence-corrected chi connectivity index (χ2v) is 6.64. The van der Waals surface area contributed by atoms with Gasteiger partial charge in [-0.3, -0.25) is 14.4 Å². The molecule has 0 aliphatic heterocycles. The van der Waals surface area contributed by atoms with E-state index in [0.29, 0.717) is 17.5 Å². The molecule has 0 saturated carbocycles. The monoisotopic (exact) mass is 368 g/mol. The molecule has 0 fully saturated rings. The van der Waals surface area contributed by atoms with E-state index in [9.17, 15) is 19.5 Å². The van der Waals surface area contributed by atoms with Crippen molar-refractivity contribution in [1.29, 1.82) is 0 Å². The Morgan fingerprint density at radius 2 is 1.44 bits per heavy atom. The molecule has 6 nitrogen and oxygen atoms in total. The average molecular weight is 368 g/mol. The van der Waals surface area contributed by atoms with E-state index in [2.05, 4.69) is 10.6 Å². The highest BCUT2D eigenvalue weighted by Crippen LogP contribution is 2.10. The molecular weight excluding hydrogens is 344 g/mol. The van der Waals surface area contributed by atoms with Crippen LogP contribution in [0.5, 0.6) is 0 Å².